The summed E-state index contributed by atoms with van der Waals surface area (Å²) in [4.78, 5) is 10.3. The van der Waals surface area contributed by atoms with Gasteiger partial charge in [-0.2, -0.15) is 0 Å². The summed E-state index contributed by atoms with van der Waals surface area (Å²) >= 11 is 0. The van der Waals surface area contributed by atoms with Gasteiger partial charge >= 0.3 is 5.97 Å². The van der Waals surface area contributed by atoms with Crippen molar-refractivity contribution in [2.24, 2.45) is 11.8 Å². The van der Waals surface area contributed by atoms with Gasteiger partial charge in [-0.05, 0) is 0 Å². The molecule has 0 radical (unpaired) electrons. The van der Waals surface area contributed by atoms with Crippen LogP contribution in [0.1, 0.15) is 6.92 Å². The van der Waals surface area contributed by atoms with Crippen molar-refractivity contribution < 1.29 is 23.4 Å². The third kappa shape index (κ3) is 1.55. The second kappa shape index (κ2) is 2.97. The van der Waals surface area contributed by atoms with Crippen molar-refractivity contribution in [2.75, 3.05) is 13.2 Å². The first-order chi connectivity index (χ1) is 5.50. The molecule has 0 amide bonds. The highest BCUT2D eigenvalue weighted by atomic mass is 19.3. The molecule has 1 rings (SSSR count). The summed E-state index contributed by atoms with van der Waals surface area (Å²) in [6.45, 7) is 0.307. The normalized spacial score (nSPS) is 31.3. The number of alkyl halides is 2. The maximum atomic E-state index is 12.6. The third-order valence-electron chi connectivity index (χ3n) is 2.03. The van der Waals surface area contributed by atoms with Gasteiger partial charge in [0.05, 0.1) is 18.4 Å². The van der Waals surface area contributed by atoms with Crippen molar-refractivity contribution in [3.63, 3.8) is 0 Å². The predicted octanol–water partition coefficient (Wildman–Crippen LogP) is 0.423. The topological polar surface area (TPSA) is 46.5 Å². The van der Waals surface area contributed by atoms with Gasteiger partial charge in [0.1, 0.15) is 6.61 Å². The molecule has 1 N–H and O–H groups in total. The van der Waals surface area contributed by atoms with Crippen LogP contribution in [0.15, 0.2) is 0 Å². The van der Waals surface area contributed by atoms with Gasteiger partial charge in [0.25, 0.3) is 5.92 Å². The number of rotatable bonds is 3. The minimum absolute atomic E-state index is 0.298. The number of ether oxygens (including phenoxy) is 1. The fourth-order valence-electron chi connectivity index (χ4n) is 1.14. The molecule has 0 aliphatic heterocycles. The van der Waals surface area contributed by atoms with Gasteiger partial charge in [-0.3, -0.25) is 4.79 Å². The van der Waals surface area contributed by atoms with E-state index >= 15 is 0 Å². The van der Waals surface area contributed by atoms with E-state index < -0.39 is 30.3 Å². The number of hydrogen-bond donors (Lipinski definition) is 1. The van der Waals surface area contributed by atoms with E-state index in [1.165, 1.54) is 0 Å². The molecule has 1 aliphatic rings. The van der Waals surface area contributed by atoms with Crippen molar-refractivity contribution in [1.82, 2.24) is 0 Å². The molecule has 0 aromatic heterocycles. The van der Waals surface area contributed by atoms with Crippen LogP contribution in [-0.4, -0.2) is 30.2 Å². The second-order valence-electron chi connectivity index (χ2n) is 2.87. The Morgan fingerprint density at radius 1 is 1.58 bits per heavy atom. The van der Waals surface area contributed by atoms with E-state index in [4.69, 9.17) is 5.11 Å². The number of hydrogen-bond acceptors (Lipinski definition) is 3. The first kappa shape index (κ1) is 9.38. The molecule has 1 aliphatic carbocycles. The molecule has 1 fully saturated rings. The van der Waals surface area contributed by atoms with Crippen LogP contribution in [0.4, 0.5) is 8.78 Å². The Balaban J connectivity index is 2.32. The molecule has 0 aromatic carbocycles. The van der Waals surface area contributed by atoms with E-state index in [1.54, 1.807) is 0 Å². The van der Waals surface area contributed by atoms with Crippen LogP contribution >= 0.6 is 0 Å². The zero-order valence-corrected chi connectivity index (χ0v) is 6.59. The third-order valence-corrected chi connectivity index (χ3v) is 2.03. The summed E-state index contributed by atoms with van der Waals surface area (Å²) in [5.41, 5.74) is 0. The average Bonchev–Trinajstić information content (AvgIpc) is 2.48. The molecule has 1 saturated carbocycles. The van der Waals surface area contributed by atoms with E-state index in [0.717, 1.165) is 6.92 Å². The van der Waals surface area contributed by atoms with Crippen LogP contribution in [0, 0.1) is 11.8 Å². The van der Waals surface area contributed by atoms with Crippen molar-refractivity contribution >= 4 is 5.97 Å². The Morgan fingerprint density at radius 3 is 2.50 bits per heavy atom. The summed E-state index contributed by atoms with van der Waals surface area (Å²) < 4.78 is 29.5. The quantitative estimate of drug-likeness (QED) is 0.640. The molecule has 70 valence electrons. The molecule has 5 heteroatoms. The lowest BCUT2D eigenvalue weighted by Crippen LogP contribution is -2.06. The van der Waals surface area contributed by atoms with Gasteiger partial charge in [0.2, 0.25) is 0 Å². The SMILES string of the molecule is CC(=O)OCC1C(CO)C1(F)F. The highest BCUT2D eigenvalue weighted by Gasteiger charge is 2.68. The van der Waals surface area contributed by atoms with E-state index in [0.29, 0.717) is 0 Å². The number of carbonyl (C=O) groups excluding carboxylic acids is 1. The maximum Gasteiger partial charge on any atom is 0.302 e. The van der Waals surface area contributed by atoms with Crippen LogP contribution in [0.3, 0.4) is 0 Å². The standard InChI is InChI=1S/C7H10F2O3/c1-4(11)12-3-6-5(2-10)7(6,8)9/h5-6,10H,2-3H2,1H3. The first-order valence-corrected chi connectivity index (χ1v) is 3.62. The molecule has 0 bridgehead atoms. The van der Waals surface area contributed by atoms with E-state index in [9.17, 15) is 13.6 Å². The van der Waals surface area contributed by atoms with Crippen molar-refractivity contribution in [3.8, 4) is 0 Å². The minimum atomic E-state index is -2.86. The Bertz CT molecular complexity index is 193. The molecule has 0 heterocycles. The number of aliphatic hydroxyl groups is 1. The minimum Gasteiger partial charge on any atom is -0.465 e. The predicted molar refractivity (Wildman–Crippen MR) is 35.6 cm³/mol. The Morgan fingerprint density at radius 2 is 2.17 bits per heavy atom. The molecule has 2 atom stereocenters. The van der Waals surface area contributed by atoms with Crippen LogP contribution in [0.25, 0.3) is 0 Å². The Labute approximate surface area is 68.3 Å². The molecule has 12 heavy (non-hydrogen) atoms. The molecule has 0 aromatic rings. The van der Waals surface area contributed by atoms with Crippen LogP contribution in [-0.2, 0) is 9.53 Å². The van der Waals surface area contributed by atoms with Gasteiger partial charge in [-0.1, -0.05) is 0 Å². The molecule has 0 spiro atoms. The van der Waals surface area contributed by atoms with Gasteiger partial charge in [-0.15, -0.1) is 0 Å². The number of aliphatic hydroxyl groups excluding tert-OH is 1. The second-order valence-corrected chi connectivity index (χ2v) is 2.87. The van der Waals surface area contributed by atoms with Gasteiger partial charge < -0.3 is 9.84 Å². The number of esters is 1. The first-order valence-electron chi connectivity index (χ1n) is 3.62. The molecule has 2 unspecified atom stereocenters. The van der Waals surface area contributed by atoms with Crippen molar-refractivity contribution in [2.45, 2.75) is 12.8 Å². The lowest BCUT2D eigenvalue weighted by Gasteiger charge is -1.98. The van der Waals surface area contributed by atoms with E-state index in [2.05, 4.69) is 4.74 Å². The highest BCUT2D eigenvalue weighted by Crippen LogP contribution is 2.54. The monoisotopic (exact) mass is 180 g/mol. The zero-order chi connectivity index (χ0) is 9.35. The highest BCUT2D eigenvalue weighted by molar-refractivity contribution is 5.65. The molecular weight excluding hydrogens is 170 g/mol. The van der Waals surface area contributed by atoms with Crippen LogP contribution in [0.5, 0.6) is 0 Å². The summed E-state index contributed by atoms with van der Waals surface area (Å²) in [7, 11) is 0. The molecule has 3 nitrogen and oxygen atoms in total. The Hall–Kier alpha value is -0.710. The molecular formula is C7H10F2O3. The fraction of sp³-hybridized carbons (Fsp3) is 0.857. The lowest BCUT2D eigenvalue weighted by atomic mass is 10.3. The Kier molecular flexibility index (Phi) is 2.32. The van der Waals surface area contributed by atoms with Crippen molar-refractivity contribution in [1.29, 1.82) is 0 Å². The van der Waals surface area contributed by atoms with E-state index in [-0.39, 0.29) is 6.61 Å². The summed E-state index contributed by atoms with van der Waals surface area (Å²) in [5.74, 6) is -5.46. The number of carbonyl (C=O) groups is 1. The smallest absolute Gasteiger partial charge is 0.302 e. The zero-order valence-electron chi connectivity index (χ0n) is 6.59. The van der Waals surface area contributed by atoms with Gasteiger partial charge in [0, 0.05) is 6.92 Å². The summed E-state index contributed by atoms with van der Waals surface area (Å²) in [6, 6.07) is 0. The number of halogens is 2. The average molecular weight is 180 g/mol. The lowest BCUT2D eigenvalue weighted by molar-refractivity contribution is -0.142. The van der Waals surface area contributed by atoms with E-state index in [1.807, 2.05) is 0 Å². The molecule has 0 saturated heterocycles. The summed E-state index contributed by atoms with van der Waals surface area (Å²) in [5, 5.41) is 8.46. The van der Waals surface area contributed by atoms with Crippen molar-refractivity contribution in [3.05, 3.63) is 0 Å². The fourth-order valence-corrected chi connectivity index (χ4v) is 1.14. The summed E-state index contributed by atoms with van der Waals surface area (Å²) in [6.07, 6.45) is 0. The van der Waals surface area contributed by atoms with Crippen LogP contribution in [0.2, 0.25) is 0 Å². The van der Waals surface area contributed by atoms with Gasteiger partial charge in [-0.25, -0.2) is 8.78 Å². The van der Waals surface area contributed by atoms with Gasteiger partial charge in [0.15, 0.2) is 0 Å². The maximum absolute atomic E-state index is 12.6. The van der Waals surface area contributed by atoms with Crippen LogP contribution < -0.4 is 0 Å². The largest absolute Gasteiger partial charge is 0.465 e.